The summed E-state index contributed by atoms with van der Waals surface area (Å²) in [6.45, 7) is 25.3. The highest BCUT2D eigenvalue weighted by molar-refractivity contribution is 6.89. The molecule has 0 bridgehead atoms. The maximum absolute atomic E-state index is 6.72. The van der Waals surface area contributed by atoms with E-state index >= 15 is 0 Å². The average Bonchev–Trinajstić information content (AvgIpc) is 2.79. The van der Waals surface area contributed by atoms with Crippen LogP contribution in [-0.2, 0) is 25.3 Å². The lowest BCUT2D eigenvalue weighted by molar-refractivity contribution is 0.142. The van der Waals surface area contributed by atoms with E-state index in [0.29, 0.717) is 0 Å². The fraction of sp³-hybridized carbons (Fsp3) is 0.571. The summed E-state index contributed by atoms with van der Waals surface area (Å²) in [6, 6.07) is 20.7. The molecule has 2 rings (SSSR count). The van der Waals surface area contributed by atoms with E-state index in [1.54, 1.807) is 0 Å². The predicted molar refractivity (Wildman–Crippen MR) is 173 cm³/mol. The summed E-state index contributed by atoms with van der Waals surface area (Å²) < 4.78 is 40.0. The third kappa shape index (κ3) is 12.4. The molecule has 0 amide bonds. The van der Waals surface area contributed by atoms with Gasteiger partial charge < -0.3 is 25.3 Å². The molecule has 220 valence electrons. The van der Waals surface area contributed by atoms with Crippen molar-refractivity contribution >= 4 is 42.8 Å². The molecule has 2 atom stereocenters. The molecule has 6 nitrogen and oxygen atoms in total. The number of rotatable bonds is 16. The summed E-state index contributed by atoms with van der Waals surface area (Å²) in [7, 11) is -12.7. The van der Waals surface area contributed by atoms with Crippen molar-refractivity contribution in [2.24, 2.45) is 0 Å². The Morgan fingerprint density at radius 3 is 0.949 bits per heavy atom. The SMILES string of the molecule is CCC(O[Si](C)(C)O[Si](C)(C)O[Si](C)(C)O[Si](C)(C)O[Si](C)(C)OC(CC)c1ccccc1)c1ccccc1. The van der Waals surface area contributed by atoms with Crippen molar-refractivity contribution in [3.63, 3.8) is 0 Å². The summed E-state index contributed by atoms with van der Waals surface area (Å²) in [4.78, 5) is 0. The molecule has 0 aliphatic heterocycles. The standard InChI is InChI=1S/C28H52O6Si5/c1-13-27(25-21-17-15-18-22-25)29-35(3,4)31-37(7,8)33-39(11,12)34-38(9,10)32-36(5,6)30-28(14-2)26-23-19-16-20-24-26/h15-24,27-28H,13-14H2,1-12H3. The summed E-state index contributed by atoms with van der Waals surface area (Å²) in [5, 5.41) is 0. The van der Waals surface area contributed by atoms with Gasteiger partial charge in [0.2, 0.25) is 0 Å². The van der Waals surface area contributed by atoms with Crippen molar-refractivity contribution in [2.75, 3.05) is 0 Å². The summed E-state index contributed by atoms with van der Waals surface area (Å²) in [6.07, 6.45) is 1.79. The van der Waals surface area contributed by atoms with Crippen LogP contribution in [0.1, 0.15) is 50.0 Å². The molecular formula is C28H52O6Si5. The number of benzene rings is 2. The number of hydrogen-bond donors (Lipinski definition) is 0. The van der Waals surface area contributed by atoms with Crippen molar-refractivity contribution in [2.45, 2.75) is 104 Å². The molecule has 2 unspecified atom stereocenters. The third-order valence-corrected chi connectivity index (χ3v) is 23.3. The molecule has 2 aromatic rings. The number of hydrogen-bond acceptors (Lipinski definition) is 6. The lowest BCUT2D eigenvalue weighted by Crippen LogP contribution is -2.59. The predicted octanol–water partition coefficient (Wildman–Crippen LogP) is 8.90. The minimum absolute atomic E-state index is 0.00827. The maximum atomic E-state index is 6.72. The summed E-state index contributed by atoms with van der Waals surface area (Å²) in [5.74, 6) is 0. The van der Waals surface area contributed by atoms with E-state index in [9.17, 15) is 0 Å². The van der Waals surface area contributed by atoms with Crippen LogP contribution in [0.4, 0.5) is 0 Å². The van der Waals surface area contributed by atoms with Crippen LogP contribution in [0.3, 0.4) is 0 Å². The molecule has 39 heavy (non-hydrogen) atoms. The highest BCUT2D eigenvalue weighted by Crippen LogP contribution is 2.32. The second-order valence-corrected chi connectivity index (χ2v) is 30.0. The van der Waals surface area contributed by atoms with Gasteiger partial charge in [0.05, 0.1) is 12.2 Å². The minimum atomic E-state index is -2.59. The molecule has 0 radical (unpaired) electrons. The van der Waals surface area contributed by atoms with E-state index in [2.05, 4.69) is 128 Å². The van der Waals surface area contributed by atoms with Gasteiger partial charge in [-0.05, 0) is 89.4 Å². The largest absolute Gasteiger partial charge is 0.416 e. The van der Waals surface area contributed by atoms with Gasteiger partial charge in [0.15, 0.2) is 0 Å². The molecule has 0 fully saturated rings. The highest BCUT2D eigenvalue weighted by Gasteiger charge is 2.47. The van der Waals surface area contributed by atoms with Gasteiger partial charge >= 0.3 is 42.8 Å². The van der Waals surface area contributed by atoms with Crippen LogP contribution >= 0.6 is 0 Å². The lowest BCUT2D eigenvalue weighted by atomic mass is 10.1. The molecule has 0 N–H and O–H groups in total. The molecule has 0 heterocycles. The van der Waals surface area contributed by atoms with Gasteiger partial charge in [-0.1, -0.05) is 74.5 Å². The van der Waals surface area contributed by atoms with Crippen molar-refractivity contribution in [3.05, 3.63) is 71.8 Å². The Morgan fingerprint density at radius 2 is 0.692 bits per heavy atom. The quantitative estimate of drug-likeness (QED) is 0.174. The van der Waals surface area contributed by atoms with Crippen LogP contribution in [0.5, 0.6) is 0 Å². The van der Waals surface area contributed by atoms with Crippen LogP contribution in [0.2, 0.25) is 65.5 Å². The summed E-state index contributed by atoms with van der Waals surface area (Å²) in [5.41, 5.74) is 2.36. The van der Waals surface area contributed by atoms with E-state index in [4.69, 9.17) is 25.3 Å². The van der Waals surface area contributed by atoms with E-state index in [1.165, 1.54) is 11.1 Å². The van der Waals surface area contributed by atoms with Gasteiger partial charge in [-0.15, -0.1) is 0 Å². The summed E-state index contributed by atoms with van der Waals surface area (Å²) >= 11 is 0. The van der Waals surface area contributed by atoms with Crippen LogP contribution in [0.15, 0.2) is 60.7 Å². The Balaban J connectivity index is 2.03. The molecule has 11 heteroatoms. The first-order valence-electron chi connectivity index (χ1n) is 14.1. The van der Waals surface area contributed by atoms with Gasteiger partial charge in [-0.3, -0.25) is 0 Å². The highest BCUT2D eigenvalue weighted by atomic mass is 28.5. The van der Waals surface area contributed by atoms with E-state index < -0.39 is 42.8 Å². The topological polar surface area (TPSA) is 55.4 Å². The smallest absolute Gasteiger partial charge is 0.323 e. The van der Waals surface area contributed by atoms with Crippen LogP contribution in [0, 0.1) is 0 Å². The molecule has 0 aliphatic rings. The maximum Gasteiger partial charge on any atom is 0.323 e. The van der Waals surface area contributed by atoms with E-state index in [0.717, 1.165) is 12.8 Å². The molecule has 0 saturated carbocycles. The van der Waals surface area contributed by atoms with Gasteiger partial charge in [0.25, 0.3) is 0 Å². The zero-order chi connectivity index (χ0) is 29.5. The van der Waals surface area contributed by atoms with Crippen LogP contribution in [-0.4, -0.2) is 42.8 Å². The monoisotopic (exact) mass is 624 g/mol. The average molecular weight is 625 g/mol. The normalized spacial score (nSPS) is 15.3. The first kappa shape index (κ1) is 34.5. The molecule has 0 aliphatic carbocycles. The van der Waals surface area contributed by atoms with Gasteiger partial charge in [0, 0.05) is 0 Å². The van der Waals surface area contributed by atoms with Gasteiger partial charge in [-0.25, -0.2) is 0 Å². The van der Waals surface area contributed by atoms with Crippen molar-refractivity contribution in [1.29, 1.82) is 0 Å². The van der Waals surface area contributed by atoms with Crippen LogP contribution in [0.25, 0.3) is 0 Å². The first-order valence-corrected chi connectivity index (χ1v) is 28.2. The fourth-order valence-corrected chi connectivity index (χ4v) is 28.2. The first-order chi connectivity index (χ1) is 17.9. The van der Waals surface area contributed by atoms with Crippen molar-refractivity contribution in [1.82, 2.24) is 0 Å². The Kier molecular flexibility index (Phi) is 12.3. The molecule has 0 saturated heterocycles. The minimum Gasteiger partial charge on any atom is -0.416 e. The van der Waals surface area contributed by atoms with E-state index in [1.807, 2.05) is 12.1 Å². The second-order valence-electron chi connectivity index (χ2n) is 12.3. The zero-order valence-corrected chi connectivity index (χ0v) is 31.3. The molecule has 0 aromatic heterocycles. The Hall–Kier alpha value is -0.716. The van der Waals surface area contributed by atoms with E-state index in [-0.39, 0.29) is 12.2 Å². The lowest BCUT2D eigenvalue weighted by Gasteiger charge is -2.42. The van der Waals surface area contributed by atoms with Crippen molar-refractivity contribution in [3.8, 4) is 0 Å². The molecule has 0 spiro atoms. The van der Waals surface area contributed by atoms with Crippen molar-refractivity contribution < 1.29 is 25.3 Å². The van der Waals surface area contributed by atoms with Gasteiger partial charge in [0.1, 0.15) is 0 Å². The Bertz CT molecular complexity index is 923. The second kappa shape index (κ2) is 14.0. The third-order valence-electron chi connectivity index (χ3n) is 5.90. The molecular weight excluding hydrogens is 573 g/mol. The van der Waals surface area contributed by atoms with Crippen LogP contribution < -0.4 is 0 Å². The van der Waals surface area contributed by atoms with Gasteiger partial charge in [-0.2, -0.15) is 0 Å². The fourth-order valence-electron chi connectivity index (χ4n) is 5.27. The Labute approximate surface area is 243 Å². The zero-order valence-electron chi connectivity index (χ0n) is 26.3. The Morgan fingerprint density at radius 1 is 0.436 bits per heavy atom. The molecule has 2 aromatic carbocycles.